The van der Waals surface area contributed by atoms with E-state index in [1.165, 1.54) is 0 Å². The molecule has 8 heteroatoms. The van der Waals surface area contributed by atoms with Gasteiger partial charge in [0.05, 0.1) is 11.7 Å². The van der Waals surface area contributed by atoms with Gasteiger partial charge in [0.1, 0.15) is 18.1 Å². The molecule has 0 spiro atoms. The predicted molar refractivity (Wildman–Crippen MR) is 94.2 cm³/mol. The molecule has 1 N–H and O–H groups in total. The summed E-state index contributed by atoms with van der Waals surface area (Å²) in [5, 5.41) is 15.0. The summed E-state index contributed by atoms with van der Waals surface area (Å²) in [4.78, 5) is 22.2. The molecule has 0 aromatic heterocycles. The smallest absolute Gasteiger partial charge is 0.277 e. The van der Waals surface area contributed by atoms with E-state index in [9.17, 15) is 14.7 Å². The number of carbonyl (C=O) groups excluding carboxylic acids is 2. The van der Waals surface area contributed by atoms with Crippen molar-refractivity contribution in [2.24, 2.45) is 5.10 Å². The van der Waals surface area contributed by atoms with Crippen LogP contribution in [0.25, 0.3) is 0 Å². The number of nitrogens with zero attached hydrogens (tertiary/aromatic N) is 1. The molecule has 7 nitrogen and oxygen atoms in total. The van der Waals surface area contributed by atoms with Crippen LogP contribution in [0.5, 0.6) is 11.5 Å². The number of hydrazone groups is 1. The van der Waals surface area contributed by atoms with Gasteiger partial charge in [-0.25, -0.2) is 5.43 Å². The Kier molecular flexibility index (Phi) is 6.99. The minimum absolute atomic E-state index is 0.201. The molecule has 0 atom stereocenters. The average molecular weight is 376 g/mol. The third-order valence-electron chi connectivity index (χ3n) is 3.14. The highest BCUT2D eigenvalue weighted by Crippen LogP contribution is 2.15. The van der Waals surface area contributed by atoms with Gasteiger partial charge in [-0.1, -0.05) is 23.7 Å². The number of hydrogen-bond donors (Lipinski definition) is 1. The fourth-order valence-corrected chi connectivity index (χ4v) is 2.00. The number of rotatable bonds is 8. The molecule has 0 aliphatic carbocycles. The molecule has 0 saturated heterocycles. The maximum atomic E-state index is 11.8. The van der Waals surface area contributed by atoms with Gasteiger partial charge in [0.25, 0.3) is 5.91 Å². The number of amides is 1. The summed E-state index contributed by atoms with van der Waals surface area (Å²) in [7, 11) is 0. The van der Waals surface area contributed by atoms with E-state index in [1.54, 1.807) is 55.5 Å². The lowest BCUT2D eigenvalue weighted by atomic mass is 10.1. The molecule has 0 aliphatic heterocycles. The number of carboxylic acids is 1. The van der Waals surface area contributed by atoms with Gasteiger partial charge in [-0.05, 0) is 43.3 Å². The van der Waals surface area contributed by atoms with Crippen LogP contribution in [0.3, 0.4) is 0 Å². The first-order chi connectivity index (χ1) is 12.4. The van der Waals surface area contributed by atoms with Gasteiger partial charge >= 0.3 is 0 Å². The lowest BCUT2D eigenvalue weighted by Crippen LogP contribution is -2.29. The van der Waals surface area contributed by atoms with Gasteiger partial charge in [0.2, 0.25) is 0 Å². The molecule has 0 heterocycles. The third kappa shape index (κ3) is 6.45. The van der Waals surface area contributed by atoms with Gasteiger partial charge in [-0.2, -0.15) is 5.10 Å². The van der Waals surface area contributed by atoms with Crippen molar-refractivity contribution in [2.75, 3.05) is 13.2 Å². The number of halogens is 1. The number of carbonyl (C=O) groups is 2. The Morgan fingerprint density at radius 2 is 1.77 bits per heavy atom. The van der Waals surface area contributed by atoms with Crippen LogP contribution in [-0.4, -0.2) is 30.8 Å². The highest BCUT2D eigenvalue weighted by molar-refractivity contribution is 6.30. The summed E-state index contributed by atoms with van der Waals surface area (Å²) < 4.78 is 10.4. The molecule has 0 aliphatic rings. The van der Waals surface area contributed by atoms with E-state index < -0.39 is 18.5 Å². The number of nitrogens with one attached hydrogen (secondary N) is 1. The van der Waals surface area contributed by atoms with Gasteiger partial charge in [-0.3, -0.25) is 4.79 Å². The van der Waals surface area contributed by atoms with Crippen molar-refractivity contribution < 1.29 is 24.2 Å². The summed E-state index contributed by atoms with van der Waals surface area (Å²) in [6.07, 6.45) is 0. The quantitative estimate of drug-likeness (QED) is 0.555. The molecule has 0 saturated carbocycles. The van der Waals surface area contributed by atoms with Crippen molar-refractivity contribution in [1.29, 1.82) is 0 Å². The SMILES string of the molecule is C/C(=N/NC(=O)COc1ccc(Cl)cc1)c1cccc(OCC(=O)[O-])c1. The fourth-order valence-electron chi connectivity index (χ4n) is 1.88. The van der Waals surface area contributed by atoms with Gasteiger partial charge in [-0.15, -0.1) is 0 Å². The molecule has 2 rings (SSSR count). The molecule has 0 unspecified atom stereocenters. The Labute approximate surface area is 155 Å². The summed E-state index contributed by atoms with van der Waals surface area (Å²) in [5.41, 5.74) is 3.57. The summed E-state index contributed by atoms with van der Waals surface area (Å²) >= 11 is 5.77. The molecule has 2 aromatic rings. The van der Waals surface area contributed by atoms with Crippen molar-refractivity contribution in [2.45, 2.75) is 6.92 Å². The number of hydrogen-bond acceptors (Lipinski definition) is 6. The lowest BCUT2D eigenvalue weighted by molar-refractivity contribution is -0.307. The van der Waals surface area contributed by atoms with Crippen LogP contribution in [0, 0.1) is 0 Å². The van der Waals surface area contributed by atoms with Crippen LogP contribution >= 0.6 is 11.6 Å². The largest absolute Gasteiger partial charge is 0.546 e. The minimum Gasteiger partial charge on any atom is -0.546 e. The molecular weight excluding hydrogens is 360 g/mol. The monoisotopic (exact) mass is 375 g/mol. The van der Waals surface area contributed by atoms with E-state index in [4.69, 9.17) is 21.1 Å². The zero-order valence-electron chi connectivity index (χ0n) is 13.9. The minimum atomic E-state index is -1.31. The van der Waals surface area contributed by atoms with Crippen LogP contribution in [0.4, 0.5) is 0 Å². The third-order valence-corrected chi connectivity index (χ3v) is 3.39. The topological polar surface area (TPSA) is 100 Å². The number of benzene rings is 2. The molecular formula is C18H16ClN2O5-. The summed E-state index contributed by atoms with van der Waals surface area (Å²) in [6.45, 7) is 0.948. The highest BCUT2D eigenvalue weighted by atomic mass is 35.5. The number of ether oxygens (including phenoxy) is 2. The predicted octanol–water partition coefficient (Wildman–Crippen LogP) is 1.39. The van der Waals surface area contributed by atoms with Crippen molar-refractivity contribution >= 4 is 29.2 Å². The Hall–Kier alpha value is -3.06. The van der Waals surface area contributed by atoms with Gasteiger partial charge in [0.15, 0.2) is 6.61 Å². The molecule has 0 radical (unpaired) electrons. The van der Waals surface area contributed by atoms with E-state index in [0.717, 1.165) is 0 Å². The fraction of sp³-hybridized carbons (Fsp3) is 0.167. The standard InChI is InChI=1S/C18H17ClN2O5/c1-12(13-3-2-4-16(9-13)26-11-18(23)24)20-21-17(22)10-25-15-7-5-14(19)6-8-15/h2-9H,10-11H2,1H3,(H,21,22)(H,23,24)/p-1/b20-12-. The first kappa shape index (κ1) is 19.3. The molecule has 2 aromatic carbocycles. The maximum Gasteiger partial charge on any atom is 0.277 e. The van der Waals surface area contributed by atoms with Crippen molar-refractivity contribution in [3.63, 3.8) is 0 Å². The van der Waals surface area contributed by atoms with Crippen LogP contribution in [0.1, 0.15) is 12.5 Å². The molecule has 0 bridgehead atoms. The zero-order valence-corrected chi connectivity index (χ0v) is 14.7. The van der Waals surface area contributed by atoms with Crippen LogP contribution in [-0.2, 0) is 9.59 Å². The second kappa shape index (κ2) is 9.43. The Morgan fingerprint density at radius 3 is 2.46 bits per heavy atom. The molecule has 1 amide bonds. The van der Waals surface area contributed by atoms with Crippen LogP contribution < -0.4 is 20.0 Å². The molecule has 26 heavy (non-hydrogen) atoms. The second-order valence-electron chi connectivity index (χ2n) is 5.16. The molecule has 136 valence electrons. The van der Waals surface area contributed by atoms with Gasteiger partial charge < -0.3 is 19.4 Å². The molecule has 0 fully saturated rings. The van der Waals surface area contributed by atoms with E-state index in [-0.39, 0.29) is 6.61 Å². The Bertz CT molecular complexity index is 805. The normalized spacial score (nSPS) is 10.9. The summed E-state index contributed by atoms with van der Waals surface area (Å²) in [6, 6.07) is 13.3. The first-order valence-corrected chi connectivity index (χ1v) is 7.96. The lowest BCUT2D eigenvalue weighted by Gasteiger charge is -2.09. The van der Waals surface area contributed by atoms with E-state index in [2.05, 4.69) is 10.5 Å². The second-order valence-corrected chi connectivity index (χ2v) is 5.60. The number of carboxylic acid groups (broad SMARTS) is 1. The number of aliphatic carboxylic acids is 1. The highest BCUT2D eigenvalue weighted by Gasteiger charge is 2.04. The van der Waals surface area contributed by atoms with Gasteiger partial charge in [0, 0.05) is 10.6 Å². The summed E-state index contributed by atoms with van der Waals surface area (Å²) in [5.74, 6) is -0.862. The zero-order chi connectivity index (χ0) is 18.9. The van der Waals surface area contributed by atoms with Crippen molar-refractivity contribution in [3.8, 4) is 11.5 Å². The Morgan fingerprint density at radius 1 is 1.08 bits per heavy atom. The van der Waals surface area contributed by atoms with E-state index in [0.29, 0.717) is 27.8 Å². The van der Waals surface area contributed by atoms with Crippen molar-refractivity contribution in [3.05, 3.63) is 59.1 Å². The Balaban J connectivity index is 1.88. The van der Waals surface area contributed by atoms with E-state index >= 15 is 0 Å². The first-order valence-electron chi connectivity index (χ1n) is 7.58. The maximum absolute atomic E-state index is 11.8. The van der Waals surface area contributed by atoms with Crippen molar-refractivity contribution in [1.82, 2.24) is 5.43 Å². The van der Waals surface area contributed by atoms with E-state index in [1.807, 2.05) is 0 Å². The average Bonchev–Trinajstić information content (AvgIpc) is 2.64. The van der Waals surface area contributed by atoms with Crippen LogP contribution in [0.2, 0.25) is 5.02 Å². The van der Waals surface area contributed by atoms with Crippen LogP contribution in [0.15, 0.2) is 53.6 Å².